The molecule has 3 N–H and O–H groups in total. The molecule has 1 aromatic rings. The fourth-order valence-corrected chi connectivity index (χ4v) is 2.19. The highest BCUT2D eigenvalue weighted by Gasteiger charge is 2.33. The van der Waals surface area contributed by atoms with Crippen molar-refractivity contribution in [3.05, 3.63) is 29.3 Å². The molecule has 1 saturated carbocycles. The van der Waals surface area contributed by atoms with Crippen LogP contribution in [0.25, 0.3) is 0 Å². The first-order valence-corrected chi connectivity index (χ1v) is 5.76. The van der Waals surface area contributed by atoms with Gasteiger partial charge in [-0.25, -0.2) is 0 Å². The topological polar surface area (TPSA) is 77.8 Å². The van der Waals surface area contributed by atoms with Gasteiger partial charge in [0, 0.05) is 5.56 Å². The molecule has 1 aliphatic carbocycles. The van der Waals surface area contributed by atoms with E-state index < -0.39 is 5.97 Å². The summed E-state index contributed by atoms with van der Waals surface area (Å²) >= 11 is 0. The second-order valence-corrected chi connectivity index (χ2v) is 4.59. The van der Waals surface area contributed by atoms with Gasteiger partial charge in [0.05, 0.1) is 13.0 Å². The third-order valence-corrected chi connectivity index (χ3v) is 3.29. The van der Waals surface area contributed by atoms with Crippen LogP contribution in [0.3, 0.4) is 0 Å². The summed E-state index contributed by atoms with van der Waals surface area (Å²) in [4.78, 5) is 10.8. The summed E-state index contributed by atoms with van der Waals surface area (Å²) in [6.07, 6.45) is 2.21. The number of carboxylic acids is 1. The largest absolute Gasteiger partial charge is 0.508 e. The lowest BCUT2D eigenvalue weighted by Gasteiger charge is -2.15. The number of phenols is 1. The van der Waals surface area contributed by atoms with Gasteiger partial charge in [0.25, 0.3) is 0 Å². The van der Waals surface area contributed by atoms with E-state index in [1.807, 2.05) is 0 Å². The van der Waals surface area contributed by atoms with Gasteiger partial charge in [0.2, 0.25) is 0 Å². The number of carbonyl (C=O) groups is 1. The van der Waals surface area contributed by atoms with E-state index in [1.165, 1.54) is 0 Å². The van der Waals surface area contributed by atoms with Crippen LogP contribution in [0.4, 0.5) is 0 Å². The summed E-state index contributed by atoms with van der Waals surface area (Å²) in [6, 6.07) is 5.04. The Morgan fingerprint density at radius 1 is 1.41 bits per heavy atom. The van der Waals surface area contributed by atoms with Crippen LogP contribution in [0.5, 0.6) is 5.75 Å². The highest BCUT2D eigenvalue weighted by molar-refractivity contribution is 5.68. The number of aliphatic carboxylic acids is 1. The minimum Gasteiger partial charge on any atom is -0.508 e. The van der Waals surface area contributed by atoms with E-state index in [0.717, 1.165) is 18.4 Å². The predicted octanol–water partition coefficient (Wildman–Crippen LogP) is 1.85. The first-order chi connectivity index (χ1) is 8.11. The van der Waals surface area contributed by atoms with Crippen LogP contribution in [-0.2, 0) is 11.4 Å². The first-order valence-electron chi connectivity index (χ1n) is 5.76. The van der Waals surface area contributed by atoms with Crippen molar-refractivity contribution in [3.63, 3.8) is 0 Å². The molecule has 0 heterocycles. The molecule has 92 valence electrons. The van der Waals surface area contributed by atoms with Gasteiger partial charge in [-0.3, -0.25) is 4.79 Å². The third kappa shape index (κ3) is 2.77. The Morgan fingerprint density at radius 2 is 2.12 bits per heavy atom. The molecule has 1 aromatic carbocycles. The molecule has 4 nitrogen and oxygen atoms in total. The Kier molecular flexibility index (Phi) is 3.33. The smallest absolute Gasteiger partial charge is 0.303 e. The predicted molar refractivity (Wildman–Crippen MR) is 61.7 cm³/mol. The second kappa shape index (κ2) is 4.75. The molecule has 0 amide bonds. The molecule has 4 heteroatoms. The quantitative estimate of drug-likeness (QED) is 0.729. The summed E-state index contributed by atoms with van der Waals surface area (Å²) in [5, 5.41) is 27.5. The number of rotatable bonds is 5. The van der Waals surface area contributed by atoms with Crippen LogP contribution in [0, 0.1) is 5.92 Å². The molecule has 0 bridgehead atoms. The number of carboxylic acid groups (broad SMARTS) is 1. The zero-order valence-corrected chi connectivity index (χ0v) is 9.47. The molecule has 0 aromatic heterocycles. The van der Waals surface area contributed by atoms with Crippen molar-refractivity contribution in [1.82, 2.24) is 0 Å². The van der Waals surface area contributed by atoms with E-state index >= 15 is 0 Å². The highest BCUT2D eigenvalue weighted by Crippen LogP contribution is 2.45. The standard InChI is InChI=1S/C13H16O4/c14-7-10-4-3-9(5-12(10)15)11(6-13(16)17)8-1-2-8/h3-5,8,11,14-15H,1-2,6-7H2,(H,16,17). The van der Waals surface area contributed by atoms with Gasteiger partial charge in [-0.1, -0.05) is 12.1 Å². The minimum absolute atomic E-state index is 0.0221. The number of hydrogen-bond acceptors (Lipinski definition) is 3. The SMILES string of the molecule is O=C(O)CC(c1ccc(CO)c(O)c1)C1CC1. The van der Waals surface area contributed by atoms with Gasteiger partial charge >= 0.3 is 5.97 Å². The summed E-state index contributed by atoms with van der Waals surface area (Å²) in [5.41, 5.74) is 1.32. The normalized spacial score (nSPS) is 16.8. The Hall–Kier alpha value is -1.55. The summed E-state index contributed by atoms with van der Waals surface area (Å²) in [6.45, 7) is -0.209. The molecule has 17 heavy (non-hydrogen) atoms. The maximum atomic E-state index is 10.8. The van der Waals surface area contributed by atoms with Crippen LogP contribution < -0.4 is 0 Å². The Labute approximate surface area is 99.5 Å². The number of benzene rings is 1. The van der Waals surface area contributed by atoms with Gasteiger partial charge in [0.1, 0.15) is 5.75 Å². The van der Waals surface area contributed by atoms with Crippen molar-refractivity contribution in [2.45, 2.75) is 31.8 Å². The van der Waals surface area contributed by atoms with E-state index in [9.17, 15) is 9.90 Å². The van der Waals surface area contributed by atoms with E-state index in [4.69, 9.17) is 10.2 Å². The summed E-state index contributed by atoms with van der Waals surface area (Å²) < 4.78 is 0. The highest BCUT2D eigenvalue weighted by atomic mass is 16.4. The molecule has 0 radical (unpaired) electrons. The molecule has 2 rings (SSSR count). The van der Waals surface area contributed by atoms with Crippen molar-refractivity contribution < 1.29 is 20.1 Å². The lowest BCUT2D eigenvalue weighted by atomic mass is 9.90. The fourth-order valence-electron chi connectivity index (χ4n) is 2.19. The van der Waals surface area contributed by atoms with Gasteiger partial charge in [-0.05, 0) is 36.3 Å². The zero-order chi connectivity index (χ0) is 12.4. The molecule has 1 fully saturated rings. The average molecular weight is 236 g/mol. The third-order valence-electron chi connectivity index (χ3n) is 3.29. The molecule has 0 saturated heterocycles. The van der Waals surface area contributed by atoms with E-state index in [0.29, 0.717) is 11.5 Å². The average Bonchev–Trinajstić information content (AvgIpc) is 3.09. The first kappa shape index (κ1) is 11.9. The number of hydrogen-bond donors (Lipinski definition) is 3. The van der Waals surface area contributed by atoms with Gasteiger partial charge in [0.15, 0.2) is 0 Å². The lowest BCUT2D eigenvalue weighted by Crippen LogP contribution is -2.08. The van der Waals surface area contributed by atoms with Gasteiger partial charge in [-0.15, -0.1) is 0 Å². The van der Waals surface area contributed by atoms with Crippen LogP contribution in [-0.4, -0.2) is 21.3 Å². The monoisotopic (exact) mass is 236 g/mol. The van der Waals surface area contributed by atoms with E-state index in [-0.39, 0.29) is 24.7 Å². The minimum atomic E-state index is -0.812. The summed E-state index contributed by atoms with van der Waals surface area (Å²) in [7, 11) is 0. The lowest BCUT2D eigenvalue weighted by molar-refractivity contribution is -0.137. The van der Waals surface area contributed by atoms with Crippen molar-refractivity contribution in [3.8, 4) is 5.75 Å². The molecule has 1 aliphatic rings. The van der Waals surface area contributed by atoms with Gasteiger partial charge < -0.3 is 15.3 Å². The Balaban J connectivity index is 2.23. The van der Waals surface area contributed by atoms with Crippen molar-refractivity contribution in [2.75, 3.05) is 0 Å². The maximum absolute atomic E-state index is 10.8. The fraction of sp³-hybridized carbons (Fsp3) is 0.462. The van der Waals surface area contributed by atoms with E-state index in [1.54, 1.807) is 18.2 Å². The number of aromatic hydroxyl groups is 1. The molecule has 0 spiro atoms. The molecule has 0 aliphatic heterocycles. The van der Waals surface area contributed by atoms with Crippen LogP contribution >= 0.6 is 0 Å². The maximum Gasteiger partial charge on any atom is 0.303 e. The van der Waals surface area contributed by atoms with E-state index in [2.05, 4.69) is 0 Å². The second-order valence-electron chi connectivity index (χ2n) is 4.59. The zero-order valence-electron chi connectivity index (χ0n) is 9.47. The van der Waals surface area contributed by atoms with Crippen LogP contribution in [0.15, 0.2) is 18.2 Å². The number of aliphatic hydroxyl groups is 1. The summed E-state index contributed by atoms with van der Waals surface area (Å²) in [5.74, 6) is -0.370. The molecule has 1 atom stereocenters. The molecule has 1 unspecified atom stereocenters. The molecular weight excluding hydrogens is 220 g/mol. The molecular formula is C13H16O4. The Morgan fingerprint density at radius 3 is 2.59 bits per heavy atom. The number of aliphatic hydroxyl groups excluding tert-OH is 1. The van der Waals surface area contributed by atoms with Gasteiger partial charge in [-0.2, -0.15) is 0 Å². The van der Waals surface area contributed by atoms with Crippen molar-refractivity contribution in [1.29, 1.82) is 0 Å². The van der Waals surface area contributed by atoms with Crippen molar-refractivity contribution in [2.24, 2.45) is 5.92 Å². The van der Waals surface area contributed by atoms with Crippen LogP contribution in [0.2, 0.25) is 0 Å². The Bertz CT molecular complexity index is 423. The van der Waals surface area contributed by atoms with Crippen LogP contribution in [0.1, 0.15) is 36.3 Å². The van der Waals surface area contributed by atoms with Crippen molar-refractivity contribution >= 4 is 5.97 Å².